The summed E-state index contributed by atoms with van der Waals surface area (Å²) in [6.45, 7) is 18.9. The molecule has 1 heterocycles. The standard InChI is InChI=1S/C9H19NO.C6H12O.C6H14O/c1-8(2)11-9-4-6-10(3)7-5-9;1-5(2)7-6-3-4-6;1-5(2)7-6(3)4/h8-9H,4-7H2,1-3H3;5-6H,3-4H2,1-2H3;5-6H,1-4H3. The van der Waals surface area contributed by atoms with Crippen molar-refractivity contribution < 1.29 is 14.2 Å². The summed E-state index contributed by atoms with van der Waals surface area (Å²) in [5, 5.41) is 0. The van der Waals surface area contributed by atoms with Crippen LogP contribution < -0.4 is 0 Å². The summed E-state index contributed by atoms with van der Waals surface area (Å²) in [6.07, 6.45) is 7.71. The quantitative estimate of drug-likeness (QED) is 0.675. The Morgan fingerprint density at radius 3 is 1.20 bits per heavy atom. The largest absolute Gasteiger partial charge is 0.376 e. The summed E-state index contributed by atoms with van der Waals surface area (Å²) in [5.41, 5.74) is 0. The predicted octanol–water partition coefficient (Wildman–Crippen LogP) is 4.90. The molecule has 0 N–H and O–H groups in total. The molecule has 0 aromatic rings. The predicted molar refractivity (Wildman–Crippen MR) is 107 cm³/mol. The van der Waals surface area contributed by atoms with Gasteiger partial charge in [0, 0.05) is 13.1 Å². The van der Waals surface area contributed by atoms with Crippen LogP contribution in [0.5, 0.6) is 0 Å². The van der Waals surface area contributed by atoms with E-state index in [4.69, 9.17) is 14.2 Å². The molecule has 1 aliphatic carbocycles. The molecule has 1 aliphatic heterocycles. The van der Waals surface area contributed by atoms with E-state index in [2.05, 4.69) is 39.6 Å². The molecule has 2 aliphatic rings. The Morgan fingerprint density at radius 1 is 0.600 bits per heavy atom. The molecule has 4 heteroatoms. The van der Waals surface area contributed by atoms with E-state index in [1.54, 1.807) is 0 Å². The molecule has 0 bridgehead atoms. The van der Waals surface area contributed by atoms with Crippen LogP contribution in [0.4, 0.5) is 0 Å². The third-order valence-electron chi connectivity index (χ3n) is 3.66. The highest BCUT2D eigenvalue weighted by atomic mass is 16.5. The van der Waals surface area contributed by atoms with Crippen LogP contribution in [-0.2, 0) is 14.2 Å². The highest BCUT2D eigenvalue weighted by molar-refractivity contribution is 4.73. The maximum absolute atomic E-state index is 5.71. The van der Waals surface area contributed by atoms with Crippen molar-refractivity contribution >= 4 is 0 Å². The summed E-state index contributed by atoms with van der Waals surface area (Å²) in [4.78, 5) is 2.36. The molecular formula is C21H45NO3. The highest BCUT2D eigenvalue weighted by Crippen LogP contribution is 2.24. The van der Waals surface area contributed by atoms with Gasteiger partial charge in [-0.2, -0.15) is 0 Å². The fraction of sp³-hybridized carbons (Fsp3) is 1.00. The van der Waals surface area contributed by atoms with Gasteiger partial charge in [0.2, 0.25) is 0 Å². The first-order valence-corrected chi connectivity index (χ1v) is 10.2. The summed E-state index contributed by atoms with van der Waals surface area (Å²) in [5.74, 6) is 0. The Morgan fingerprint density at radius 2 is 0.960 bits per heavy atom. The molecule has 2 rings (SSSR count). The lowest BCUT2D eigenvalue weighted by Crippen LogP contribution is -2.35. The maximum Gasteiger partial charge on any atom is 0.0603 e. The molecule has 4 nitrogen and oxygen atoms in total. The maximum atomic E-state index is 5.71. The van der Waals surface area contributed by atoms with Crippen molar-refractivity contribution in [3.05, 3.63) is 0 Å². The van der Waals surface area contributed by atoms with Crippen molar-refractivity contribution in [3.63, 3.8) is 0 Å². The van der Waals surface area contributed by atoms with Gasteiger partial charge in [0.05, 0.1) is 36.6 Å². The molecule has 0 aromatic heterocycles. The van der Waals surface area contributed by atoms with Gasteiger partial charge in [0.25, 0.3) is 0 Å². The van der Waals surface area contributed by atoms with E-state index in [1.165, 1.54) is 38.8 Å². The van der Waals surface area contributed by atoms with E-state index in [-0.39, 0.29) is 0 Å². The lowest BCUT2D eigenvalue weighted by molar-refractivity contribution is -0.0232. The smallest absolute Gasteiger partial charge is 0.0603 e. The van der Waals surface area contributed by atoms with Gasteiger partial charge < -0.3 is 19.1 Å². The molecule has 152 valence electrons. The lowest BCUT2D eigenvalue weighted by Gasteiger charge is -2.30. The zero-order valence-corrected chi connectivity index (χ0v) is 18.4. The summed E-state index contributed by atoms with van der Waals surface area (Å²) >= 11 is 0. The van der Waals surface area contributed by atoms with E-state index in [0.29, 0.717) is 36.6 Å². The molecule has 2 fully saturated rings. The third kappa shape index (κ3) is 18.4. The third-order valence-corrected chi connectivity index (χ3v) is 3.66. The van der Waals surface area contributed by atoms with E-state index in [9.17, 15) is 0 Å². The Balaban J connectivity index is 0.000000362. The molecule has 25 heavy (non-hydrogen) atoms. The Bertz CT molecular complexity index is 277. The Labute approximate surface area is 157 Å². The van der Waals surface area contributed by atoms with Gasteiger partial charge in [-0.05, 0) is 88.1 Å². The minimum atomic E-state index is 0.375. The average Bonchev–Trinajstić information content (AvgIpc) is 3.24. The number of ether oxygens (including phenoxy) is 3. The van der Waals surface area contributed by atoms with Crippen molar-refractivity contribution in [2.45, 2.75) is 118 Å². The molecule has 0 aromatic carbocycles. The molecule has 0 radical (unpaired) electrons. The monoisotopic (exact) mass is 359 g/mol. The van der Waals surface area contributed by atoms with E-state index >= 15 is 0 Å². The number of piperidine rings is 1. The number of hydrogen-bond acceptors (Lipinski definition) is 4. The molecule has 0 unspecified atom stereocenters. The summed E-state index contributed by atoms with van der Waals surface area (Å²) < 4.78 is 16.3. The minimum Gasteiger partial charge on any atom is -0.376 e. The minimum absolute atomic E-state index is 0.375. The van der Waals surface area contributed by atoms with Gasteiger partial charge in [-0.1, -0.05) is 0 Å². The van der Waals surface area contributed by atoms with Crippen molar-refractivity contribution in [1.29, 1.82) is 0 Å². The Kier molecular flexibility index (Phi) is 13.9. The van der Waals surface area contributed by atoms with E-state index < -0.39 is 0 Å². The first-order valence-electron chi connectivity index (χ1n) is 10.2. The number of likely N-dealkylation sites (tertiary alicyclic amines) is 1. The molecule has 1 saturated carbocycles. The second kappa shape index (κ2) is 14.0. The first kappa shape index (κ1) is 24.8. The molecular weight excluding hydrogens is 314 g/mol. The summed E-state index contributed by atoms with van der Waals surface area (Å²) in [7, 11) is 2.17. The van der Waals surface area contributed by atoms with Crippen molar-refractivity contribution in [1.82, 2.24) is 4.90 Å². The van der Waals surface area contributed by atoms with Crippen LogP contribution in [-0.4, -0.2) is 61.7 Å². The van der Waals surface area contributed by atoms with Gasteiger partial charge >= 0.3 is 0 Å². The van der Waals surface area contributed by atoms with Gasteiger partial charge in [-0.15, -0.1) is 0 Å². The van der Waals surface area contributed by atoms with Crippen LogP contribution in [0.15, 0.2) is 0 Å². The topological polar surface area (TPSA) is 30.9 Å². The number of hydrogen-bond donors (Lipinski definition) is 0. The second-order valence-corrected chi connectivity index (χ2v) is 8.31. The lowest BCUT2D eigenvalue weighted by atomic mass is 10.1. The highest BCUT2D eigenvalue weighted by Gasteiger charge is 2.22. The van der Waals surface area contributed by atoms with Crippen LogP contribution in [0.1, 0.15) is 81.1 Å². The Hall–Kier alpha value is -0.160. The van der Waals surface area contributed by atoms with Crippen molar-refractivity contribution in [2.24, 2.45) is 0 Å². The van der Waals surface area contributed by atoms with E-state index in [1.807, 2.05) is 27.7 Å². The fourth-order valence-electron chi connectivity index (χ4n) is 2.64. The van der Waals surface area contributed by atoms with Gasteiger partial charge in [-0.25, -0.2) is 0 Å². The zero-order chi connectivity index (χ0) is 19.4. The summed E-state index contributed by atoms with van der Waals surface area (Å²) in [6, 6.07) is 0. The van der Waals surface area contributed by atoms with Crippen molar-refractivity contribution in [2.75, 3.05) is 20.1 Å². The van der Waals surface area contributed by atoms with Gasteiger partial charge in [0.15, 0.2) is 0 Å². The molecule has 0 amide bonds. The average molecular weight is 360 g/mol. The van der Waals surface area contributed by atoms with Gasteiger partial charge in [0.1, 0.15) is 0 Å². The van der Waals surface area contributed by atoms with Gasteiger partial charge in [-0.3, -0.25) is 0 Å². The van der Waals surface area contributed by atoms with Crippen LogP contribution in [0.2, 0.25) is 0 Å². The molecule has 0 spiro atoms. The van der Waals surface area contributed by atoms with Crippen LogP contribution in [0.3, 0.4) is 0 Å². The van der Waals surface area contributed by atoms with E-state index in [0.717, 1.165) is 0 Å². The van der Waals surface area contributed by atoms with Crippen molar-refractivity contribution in [3.8, 4) is 0 Å². The fourth-order valence-corrected chi connectivity index (χ4v) is 2.64. The number of rotatable bonds is 6. The molecule has 0 atom stereocenters. The normalized spacial score (nSPS) is 19.1. The SMILES string of the molecule is CC(C)OC(C)C.CC(C)OC1CC1.CC(C)OC1CCN(C)CC1. The number of nitrogens with zero attached hydrogens (tertiary/aromatic N) is 1. The second-order valence-electron chi connectivity index (χ2n) is 8.31. The first-order chi connectivity index (χ1) is 11.6. The van der Waals surface area contributed by atoms with Crippen LogP contribution in [0.25, 0.3) is 0 Å². The van der Waals surface area contributed by atoms with Crippen LogP contribution >= 0.6 is 0 Å². The zero-order valence-electron chi connectivity index (χ0n) is 18.4. The molecule has 1 saturated heterocycles. The van der Waals surface area contributed by atoms with Crippen LogP contribution in [0, 0.1) is 0 Å².